The molecule has 2 rings (SSSR count). The van der Waals surface area contributed by atoms with Gasteiger partial charge in [-0.2, -0.15) is 0 Å². The second kappa shape index (κ2) is 8.10. The summed E-state index contributed by atoms with van der Waals surface area (Å²) in [5.74, 6) is -0.386. The zero-order valence-corrected chi connectivity index (χ0v) is 16.8. The number of carbonyl (C=O) groups excluding carboxylic acids is 1. The van der Waals surface area contributed by atoms with Gasteiger partial charge in [0.05, 0.1) is 18.0 Å². The zero-order chi connectivity index (χ0) is 19.5. The third-order valence-corrected chi connectivity index (χ3v) is 5.56. The molecule has 0 aromatic heterocycles. The zero-order valence-electron chi connectivity index (χ0n) is 15.2. The van der Waals surface area contributed by atoms with Crippen molar-refractivity contribution in [3.63, 3.8) is 0 Å². The molecule has 0 saturated heterocycles. The Balaban J connectivity index is 2.23. The van der Waals surface area contributed by atoms with E-state index in [0.29, 0.717) is 10.7 Å². The van der Waals surface area contributed by atoms with Crippen molar-refractivity contribution in [2.24, 2.45) is 0 Å². The van der Waals surface area contributed by atoms with Crippen molar-refractivity contribution in [2.45, 2.75) is 32.9 Å². The molecule has 0 bridgehead atoms. The number of nitrogens with one attached hydrogen (secondary N) is 1. The number of sulfonamides is 1. The van der Waals surface area contributed by atoms with E-state index in [0.717, 1.165) is 21.7 Å². The Labute approximate surface area is 160 Å². The molecule has 2 aromatic carbocycles. The van der Waals surface area contributed by atoms with Gasteiger partial charge in [-0.3, -0.25) is 9.10 Å². The van der Waals surface area contributed by atoms with Crippen LogP contribution in [0.5, 0.6) is 0 Å². The fourth-order valence-corrected chi connectivity index (χ4v) is 4.05. The minimum Gasteiger partial charge on any atom is -0.348 e. The number of nitrogens with zero attached hydrogens (tertiary/aromatic N) is 1. The number of hydrogen-bond acceptors (Lipinski definition) is 3. The average molecular weight is 395 g/mol. The largest absolute Gasteiger partial charge is 0.348 e. The summed E-state index contributed by atoms with van der Waals surface area (Å²) in [6.07, 6.45) is 1.07. The molecule has 5 nitrogen and oxygen atoms in total. The summed E-state index contributed by atoms with van der Waals surface area (Å²) >= 11 is 5.98. The van der Waals surface area contributed by atoms with E-state index in [1.54, 1.807) is 25.1 Å². The second-order valence-corrected chi connectivity index (χ2v) is 8.65. The molecule has 26 heavy (non-hydrogen) atoms. The molecule has 7 heteroatoms. The highest BCUT2D eigenvalue weighted by Gasteiger charge is 2.30. The third-order valence-electron chi connectivity index (χ3n) is 4.09. The Morgan fingerprint density at radius 2 is 1.73 bits per heavy atom. The van der Waals surface area contributed by atoms with Crippen LogP contribution in [0, 0.1) is 6.92 Å². The first-order valence-corrected chi connectivity index (χ1v) is 10.4. The van der Waals surface area contributed by atoms with Crippen LogP contribution < -0.4 is 9.62 Å². The van der Waals surface area contributed by atoms with Gasteiger partial charge in [-0.1, -0.05) is 47.5 Å². The van der Waals surface area contributed by atoms with Gasteiger partial charge in [0.25, 0.3) is 0 Å². The number of anilines is 1. The molecular weight excluding hydrogens is 372 g/mol. The van der Waals surface area contributed by atoms with E-state index >= 15 is 0 Å². The molecule has 1 N–H and O–H groups in total. The van der Waals surface area contributed by atoms with Gasteiger partial charge in [0, 0.05) is 5.02 Å². The maximum Gasteiger partial charge on any atom is 0.244 e. The lowest BCUT2D eigenvalue weighted by Crippen LogP contribution is -2.48. The SMILES string of the molecule is Cc1ccc([C@@H](C)NC(=O)[C@@H](C)N(c2cccc(Cl)c2)S(C)(=O)=O)cc1. The van der Waals surface area contributed by atoms with Crippen molar-refractivity contribution >= 4 is 33.2 Å². The van der Waals surface area contributed by atoms with E-state index in [-0.39, 0.29) is 11.9 Å². The van der Waals surface area contributed by atoms with E-state index in [1.165, 1.54) is 6.07 Å². The fraction of sp³-hybridized carbons (Fsp3) is 0.316. The van der Waals surface area contributed by atoms with Crippen molar-refractivity contribution < 1.29 is 13.2 Å². The van der Waals surface area contributed by atoms with E-state index < -0.39 is 16.1 Å². The molecule has 0 unspecified atom stereocenters. The number of amides is 1. The summed E-state index contributed by atoms with van der Waals surface area (Å²) < 4.78 is 25.6. The minimum absolute atomic E-state index is 0.244. The van der Waals surface area contributed by atoms with Crippen LogP contribution in [0.3, 0.4) is 0 Å². The number of benzene rings is 2. The predicted molar refractivity (Wildman–Crippen MR) is 106 cm³/mol. The monoisotopic (exact) mass is 394 g/mol. The summed E-state index contributed by atoms with van der Waals surface area (Å²) in [6.45, 7) is 5.41. The quantitative estimate of drug-likeness (QED) is 0.812. The molecule has 2 aromatic rings. The maximum atomic E-state index is 12.7. The highest BCUT2D eigenvalue weighted by Crippen LogP contribution is 2.24. The van der Waals surface area contributed by atoms with Crippen molar-refractivity contribution in [3.05, 3.63) is 64.7 Å². The van der Waals surface area contributed by atoms with Gasteiger partial charge in [-0.15, -0.1) is 0 Å². The maximum absolute atomic E-state index is 12.7. The Hall–Kier alpha value is -2.05. The lowest BCUT2D eigenvalue weighted by atomic mass is 10.1. The molecular formula is C19H23ClN2O3S. The summed E-state index contributed by atoms with van der Waals surface area (Å²) in [4.78, 5) is 12.7. The lowest BCUT2D eigenvalue weighted by molar-refractivity contribution is -0.122. The van der Waals surface area contributed by atoms with E-state index in [2.05, 4.69) is 5.32 Å². The van der Waals surface area contributed by atoms with Gasteiger partial charge in [-0.05, 0) is 44.5 Å². The van der Waals surface area contributed by atoms with Gasteiger partial charge in [0.15, 0.2) is 0 Å². The third kappa shape index (κ3) is 4.99. The highest BCUT2D eigenvalue weighted by molar-refractivity contribution is 7.92. The molecule has 0 aliphatic carbocycles. The van der Waals surface area contributed by atoms with E-state index in [1.807, 2.05) is 38.1 Å². The summed E-state index contributed by atoms with van der Waals surface area (Å²) in [5.41, 5.74) is 2.43. The van der Waals surface area contributed by atoms with Crippen LogP contribution in [-0.2, 0) is 14.8 Å². The van der Waals surface area contributed by atoms with Crippen LogP contribution in [0.1, 0.15) is 31.0 Å². The van der Waals surface area contributed by atoms with Crippen LogP contribution >= 0.6 is 11.6 Å². The topological polar surface area (TPSA) is 66.5 Å². The molecule has 0 aliphatic rings. The molecule has 0 radical (unpaired) electrons. The molecule has 1 amide bonds. The fourth-order valence-electron chi connectivity index (χ4n) is 2.69. The Morgan fingerprint density at radius 1 is 1.12 bits per heavy atom. The minimum atomic E-state index is -3.67. The van der Waals surface area contributed by atoms with Crippen LogP contribution in [0.25, 0.3) is 0 Å². The summed E-state index contributed by atoms with van der Waals surface area (Å²) in [7, 11) is -3.67. The summed E-state index contributed by atoms with van der Waals surface area (Å²) in [6, 6.07) is 13.1. The summed E-state index contributed by atoms with van der Waals surface area (Å²) in [5, 5.41) is 3.27. The number of carbonyl (C=O) groups is 1. The van der Waals surface area contributed by atoms with Crippen LogP contribution in [-0.4, -0.2) is 26.6 Å². The smallest absolute Gasteiger partial charge is 0.244 e. The lowest BCUT2D eigenvalue weighted by Gasteiger charge is -2.29. The number of halogens is 1. The Bertz CT molecular complexity index is 882. The normalized spacial score (nSPS) is 13.7. The number of aryl methyl sites for hydroxylation is 1. The van der Waals surface area contributed by atoms with E-state index in [4.69, 9.17) is 11.6 Å². The average Bonchev–Trinajstić information content (AvgIpc) is 2.54. The van der Waals surface area contributed by atoms with Gasteiger partial charge < -0.3 is 5.32 Å². The van der Waals surface area contributed by atoms with Gasteiger partial charge >= 0.3 is 0 Å². The first kappa shape index (κ1) is 20.3. The second-order valence-electron chi connectivity index (χ2n) is 6.36. The van der Waals surface area contributed by atoms with Crippen LogP contribution in [0.15, 0.2) is 48.5 Å². The first-order valence-electron chi connectivity index (χ1n) is 8.21. The van der Waals surface area contributed by atoms with Crippen molar-refractivity contribution in [1.29, 1.82) is 0 Å². The molecule has 140 valence electrons. The van der Waals surface area contributed by atoms with Gasteiger partial charge in [-0.25, -0.2) is 8.42 Å². The van der Waals surface area contributed by atoms with Gasteiger partial charge in [0.2, 0.25) is 15.9 Å². The van der Waals surface area contributed by atoms with E-state index in [9.17, 15) is 13.2 Å². The molecule has 0 saturated carbocycles. The molecule has 2 atom stereocenters. The molecule has 0 fully saturated rings. The Morgan fingerprint density at radius 3 is 2.27 bits per heavy atom. The molecule has 0 spiro atoms. The molecule has 0 heterocycles. The van der Waals surface area contributed by atoms with Crippen LogP contribution in [0.2, 0.25) is 5.02 Å². The van der Waals surface area contributed by atoms with Crippen molar-refractivity contribution in [1.82, 2.24) is 5.32 Å². The van der Waals surface area contributed by atoms with Crippen molar-refractivity contribution in [2.75, 3.05) is 10.6 Å². The molecule has 0 aliphatic heterocycles. The Kier molecular flexibility index (Phi) is 6.31. The highest BCUT2D eigenvalue weighted by atomic mass is 35.5. The standard InChI is InChI=1S/C19H23ClN2O3S/c1-13-8-10-16(11-9-13)14(2)21-19(23)15(3)22(26(4,24)25)18-7-5-6-17(20)12-18/h5-12,14-15H,1-4H3,(H,21,23)/t14-,15-/m1/s1. The number of rotatable bonds is 6. The first-order chi connectivity index (χ1) is 12.1. The predicted octanol–water partition coefficient (Wildman–Crippen LogP) is 3.68. The number of hydrogen-bond donors (Lipinski definition) is 1. The van der Waals surface area contributed by atoms with Crippen molar-refractivity contribution in [3.8, 4) is 0 Å². The van der Waals surface area contributed by atoms with Crippen LogP contribution in [0.4, 0.5) is 5.69 Å². The van der Waals surface area contributed by atoms with Gasteiger partial charge in [0.1, 0.15) is 6.04 Å².